The lowest BCUT2D eigenvalue weighted by molar-refractivity contribution is -0.1000. The maximum absolute atomic E-state index is 10.6. The van der Waals surface area contributed by atoms with Crippen LogP contribution in [0.5, 0.6) is 5.75 Å². The lowest BCUT2D eigenvalue weighted by Gasteiger charge is -2.55. The number of piperidine rings is 1. The van der Waals surface area contributed by atoms with Crippen molar-refractivity contribution in [2.24, 2.45) is 0 Å². The third-order valence-electron chi connectivity index (χ3n) is 5.52. The van der Waals surface area contributed by atoms with Crippen molar-refractivity contribution in [2.75, 3.05) is 13.2 Å². The van der Waals surface area contributed by atoms with Gasteiger partial charge in [0.05, 0.1) is 6.10 Å². The first-order chi connectivity index (χ1) is 11.4. The summed E-state index contributed by atoms with van der Waals surface area (Å²) in [4.78, 5) is 2.31. The summed E-state index contributed by atoms with van der Waals surface area (Å²) < 4.78 is 5.93. The van der Waals surface area contributed by atoms with E-state index in [0.29, 0.717) is 6.54 Å². The number of hydrogen-bond donors (Lipinski definition) is 2. The molecule has 1 atom stereocenters. The minimum absolute atomic E-state index is 0.155. The van der Waals surface area contributed by atoms with Crippen molar-refractivity contribution in [3.8, 4) is 5.75 Å². The number of aryl methyl sites for hydroxylation is 2. The van der Waals surface area contributed by atoms with Gasteiger partial charge in [-0.25, -0.2) is 0 Å². The number of rotatable bonds is 5. The van der Waals surface area contributed by atoms with E-state index in [1.54, 1.807) is 0 Å². The van der Waals surface area contributed by atoms with Crippen molar-refractivity contribution in [1.82, 2.24) is 4.90 Å². The molecule has 2 rings (SSSR count). The molecule has 4 heteroatoms. The van der Waals surface area contributed by atoms with Crippen molar-refractivity contribution in [3.63, 3.8) is 0 Å². The Morgan fingerprint density at radius 3 is 2.24 bits per heavy atom. The van der Waals surface area contributed by atoms with E-state index in [0.717, 1.165) is 24.2 Å². The van der Waals surface area contributed by atoms with Gasteiger partial charge in [0.1, 0.15) is 18.5 Å². The standard InChI is InChI=1S/C21H35NO3/c1-14-8-15(2)16(3)19(9-14)25-13-18(24)12-22-20(4,5)10-17(23)11-21(22,6)7/h8-9,17-18,23-24H,10-13H2,1-7H3. The zero-order valence-corrected chi connectivity index (χ0v) is 16.9. The number of aliphatic hydroxyl groups excluding tert-OH is 2. The van der Waals surface area contributed by atoms with Crippen LogP contribution in [-0.4, -0.2) is 51.6 Å². The third-order valence-corrected chi connectivity index (χ3v) is 5.52. The molecule has 0 aromatic heterocycles. The molecule has 1 unspecified atom stereocenters. The molecule has 1 aromatic rings. The molecular formula is C21H35NO3. The fraction of sp³-hybridized carbons (Fsp3) is 0.714. The number of β-amino-alcohol motifs (C(OH)–C–C–N with tert-alkyl or cyclic N) is 1. The summed E-state index contributed by atoms with van der Waals surface area (Å²) in [6.07, 6.45) is 0.585. The topological polar surface area (TPSA) is 52.9 Å². The van der Waals surface area contributed by atoms with Crippen molar-refractivity contribution >= 4 is 0 Å². The minimum Gasteiger partial charge on any atom is -0.491 e. The second-order valence-electron chi connectivity index (χ2n) is 8.97. The Morgan fingerprint density at radius 2 is 1.68 bits per heavy atom. The highest BCUT2D eigenvalue weighted by Crippen LogP contribution is 2.38. The predicted octanol–water partition coefficient (Wildman–Crippen LogP) is 3.37. The van der Waals surface area contributed by atoms with Crippen LogP contribution in [0, 0.1) is 20.8 Å². The zero-order chi connectivity index (χ0) is 19.0. The maximum atomic E-state index is 10.6. The molecule has 0 amide bonds. The van der Waals surface area contributed by atoms with E-state index in [-0.39, 0.29) is 23.8 Å². The summed E-state index contributed by atoms with van der Waals surface area (Å²) in [5.41, 5.74) is 3.19. The third kappa shape index (κ3) is 4.75. The van der Waals surface area contributed by atoms with Crippen LogP contribution in [0.3, 0.4) is 0 Å². The quantitative estimate of drug-likeness (QED) is 0.856. The number of nitrogens with zero attached hydrogens (tertiary/aromatic N) is 1. The molecule has 1 aromatic carbocycles. The molecule has 0 radical (unpaired) electrons. The van der Waals surface area contributed by atoms with Gasteiger partial charge in [0.15, 0.2) is 0 Å². The Balaban J connectivity index is 2.03. The Hall–Kier alpha value is -1.10. The number of likely N-dealkylation sites (tertiary alicyclic amines) is 1. The molecule has 0 saturated carbocycles. The van der Waals surface area contributed by atoms with E-state index in [4.69, 9.17) is 4.74 Å². The highest BCUT2D eigenvalue weighted by molar-refractivity contribution is 5.41. The molecule has 1 aliphatic rings. The summed E-state index contributed by atoms with van der Waals surface area (Å²) in [5, 5.41) is 20.7. The average Bonchev–Trinajstić information content (AvgIpc) is 2.44. The van der Waals surface area contributed by atoms with Crippen molar-refractivity contribution in [2.45, 2.75) is 84.6 Å². The van der Waals surface area contributed by atoms with Gasteiger partial charge in [-0.05, 0) is 84.1 Å². The van der Waals surface area contributed by atoms with Crippen LogP contribution in [0.4, 0.5) is 0 Å². The van der Waals surface area contributed by atoms with E-state index in [1.807, 2.05) is 6.07 Å². The van der Waals surface area contributed by atoms with Crippen molar-refractivity contribution < 1.29 is 14.9 Å². The smallest absolute Gasteiger partial charge is 0.122 e. The number of ether oxygens (including phenoxy) is 1. The van der Waals surface area contributed by atoms with Crippen LogP contribution in [0.15, 0.2) is 12.1 Å². The molecule has 2 N–H and O–H groups in total. The van der Waals surface area contributed by atoms with Crippen LogP contribution in [0.25, 0.3) is 0 Å². The molecule has 0 bridgehead atoms. The van der Waals surface area contributed by atoms with E-state index >= 15 is 0 Å². The lowest BCUT2D eigenvalue weighted by Crippen LogP contribution is -2.63. The molecule has 1 aliphatic heterocycles. The predicted molar refractivity (Wildman–Crippen MR) is 102 cm³/mol. The zero-order valence-electron chi connectivity index (χ0n) is 16.9. The molecule has 1 fully saturated rings. The second kappa shape index (κ2) is 7.26. The molecule has 4 nitrogen and oxygen atoms in total. The molecule has 0 spiro atoms. The molecule has 0 aliphatic carbocycles. The molecule has 142 valence electrons. The average molecular weight is 350 g/mol. The maximum Gasteiger partial charge on any atom is 0.122 e. The SMILES string of the molecule is Cc1cc(C)c(C)c(OCC(O)CN2C(C)(C)CC(O)CC2(C)C)c1. The van der Waals surface area contributed by atoms with Gasteiger partial charge in [0, 0.05) is 17.6 Å². The lowest BCUT2D eigenvalue weighted by atomic mass is 9.78. The van der Waals surface area contributed by atoms with Gasteiger partial charge < -0.3 is 14.9 Å². The van der Waals surface area contributed by atoms with Crippen LogP contribution in [0.2, 0.25) is 0 Å². The van der Waals surface area contributed by atoms with Gasteiger partial charge in [-0.2, -0.15) is 0 Å². The highest BCUT2D eigenvalue weighted by Gasteiger charge is 2.45. The first kappa shape index (κ1) is 20.2. The second-order valence-corrected chi connectivity index (χ2v) is 8.97. The fourth-order valence-electron chi connectivity index (χ4n) is 4.36. The minimum atomic E-state index is -0.575. The molecule has 25 heavy (non-hydrogen) atoms. The van der Waals surface area contributed by atoms with E-state index in [2.05, 4.69) is 59.4 Å². The number of benzene rings is 1. The summed E-state index contributed by atoms with van der Waals surface area (Å²) in [5.74, 6) is 0.851. The summed E-state index contributed by atoms with van der Waals surface area (Å²) in [7, 11) is 0. The van der Waals surface area contributed by atoms with Gasteiger partial charge in [-0.15, -0.1) is 0 Å². The van der Waals surface area contributed by atoms with Crippen LogP contribution >= 0.6 is 0 Å². The molecule has 1 heterocycles. The monoisotopic (exact) mass is 349 g/mol. The Morgan fingerprint density at radius 1 is 1.12 bits per heavy atom. The van der Waals surface area contributed by atoms with Gasteiger partial charge in [0.25, 0.3) is 0 Å². The van der Waals surface area contributed by atoms with Gasteiger partial charge >= 0.3 is 0 Å². The molecule has 1 saturated heterocycles. The number of aliphatic hydroxyl groups is 2. The van der Waals surface area contributed by atoms with Crippen LogP contribution < -0.4 is 4.74 Å². The normalized spacial score (nSPS) is 22.0. The first-order valence-electron chi connectivity index (χ1n) is 9.27. The van der Waals surface area contributed by atoms with Crippen LogP contribution in [0.1, 0.15) is 57.2 Å². The Labute approximate surface area is 152 Å². The summed E-state index contributed by atoms with van der Waals surface area (Å²) in [6, 6.07) is 4.17. The van der Waals surface area contributed by atoms with Crippen LogP contribution in [-0.2, 0) is 0 Å². The van der Waals surface area contributed by atoms with E-state index in [1.165, 1.54) is 11.1 Å². The van der Waals surface area contributed by atoms with Gasteiger partial charge in [0.2, 0.25) is 0 Å². The molecular weight excluding hydrogens is 314 g/mol. The largest absolute Gasteiger partial charge is 0.491 e. The van der Waals surface area contributed by atoms with E-state index in [9.17, 15) is 10.2 Å². The highest BCUT2D eigenvalue weighted by atomic mass is 16.5. The number of hydrogen-bond acceptors (Lipinski definition) is 4. The van der Waals surface area contributed by atoms with Crippen molar-refractivity contribution in [1.29, 1.82) is 0 Å². The van der Waals surface area contributed by atoms with Gasteiger partial charge in [-0.1, -0.05) is 6.07 Å². The van der Waals surface area contributed by atoms with E-state index < -0.39 is 6.10 Å². The first-order valence-corrected chi connectivity index (χ1v) is 9.27. The Bertz CT molecular complexity index is 591. The summed E-state index contributed by atoms with van der Waals surface area (Å²) in [6.45, 7) is 15.5. The summed E-state index contributed by atoms with van der Waals surface area (Å²) >= 11 is 0. The Kier molecular flexibility index (Phi) is 5.87. The fourth-order valence-corrected chi connectivity index (χ4v) is 4.36. The van der Waals surface area contributed by atoms with Gasteiger partial charge in [-0.3, -0.25) is 4.90 Å². The van der Waals surface area contributed by atoms with Crippen molar-refractivity contribution in [3.05, 3.63) is 28.8 Å².